The average molecular weight is 295 g/mol. The van der Waals surface area contributed by atoms with Crippen molar-refractivity contribution in [2.45, 2.75) is 60.6 Å². The Morgan fingerprint density at radius 3 is 2.52 bits per heavy atom. The van der Waals surface area contributed by atoms with Crippen molar-refractivity contribution in [2.75, 3.05) is 6.54 Å². The van der Waals surface area contributed by atoms with Crippen LogP contribution in [0.25, 0.3) is 0 Å². The van der Waals surface area contributed by atoms with E-state index in [1.165, 1.54) is 0 Å². The molecule has 2 N–H and O–H groups in total. The molecular formula is C16H29N3O2. The van der Waals surface area contributed by atoms with E-state index in [1.54, 1.807) is 6.20 Å². The second-order valence-electron chi connectivity index (χ2n) is 7.03. The van der Waals surface area contributed by atoms with Gasteiger partial charge in [0.15, 0.2) is 0 Å². The molecule has 1 unspecified atom stereocenters. The van der Waals surface area contributed by atoms with Crippen LogP contribution in [-0.4, -0.2) is 33.4 Å². The number of hydrogen-bond donors (Lipinski definition) is 2. The lowest BCUT2D eigenvalue weighted by Crippen LogP contribution is -2.39. The summed E-state index contributed by atoms with van der Waals surface area (Å²) < 4.78 is 1.90. The van der Waals surface area contributed by atoms with Gasteiger partial charge in [0, 0.05) is 13.1 Å². The van der Waals surface area contributed by atoms with Crippen LogP contribution in [0.3, 0.4) is 0 Å². The van der Waals surface area contributed by atoms with Crippen LogP contribution in [0.5, 0.6) is 0 Å². The zero-order valence-electron chi connectivity index (χ0n) is 14.1. The maximum Gasteiger partial charge on any atom is 0.254 e. The Labute approximate surface area is 127 Å². The van der Waals surface area contributed by atoms with E-state index >= 15 is 0 Å². The van der Waals surface area contributed by atoms with E-state index in [0.29, 0.717) is 11.5 Å². The SMILES string of the molecule is CCc1c(C(=O)NCC(O)C(C)(C)C)cnn1CC(C)C. The van der Waals surface area contributed by atoms with Crippen LogP contribution in [0.15, 0.2) is 6.20 Å². The van der Waals surface area contributed by atoms with E-state index in [4.69, 9.17) is 0 Å². The molecule has 1 aromatic rings. The molecule has 120 valence electrons. The van der Waals surface area contributed by atoms with Gasteiger partial charge in [-0.2, -0.15) is 5.10 Å². The van der Waals surface area contributed by atoms with Crippen molar-refractivity contribution >= 4 is 5.91 Å². The lowest BCUT2D eigenvalue weighted by atomic mass is 9.89. The van der Waals surface area contributed by atoms with Crippen LogP contribution in [-0.2, 0) is 13.0 Å². The first-order valence-electron chi connectivity index (χ1n) is 7.67. The summed E-state index contributed by atoms with van der Waals surface area (Å²) in [5, 5.41) is 17.1. The minimum atomic E-state index is -0.572. The van der Waals surface area contributed by atoms with Gasteiger partial charge in [-0.1, -0.05) is 41.5 Å². The molecular weight excluding hydrogens is 266 g/mol. The van der Waals surface area contributed by atoms with Crippen LogP contribution >= 0.6 is 0 Å². The number of rotatable bonds is 6. The summed E-state index contributed by atoms with van der Waals surface area (Å²) in [4.78, 5) is 12.3. The summed E-state index contributed by atoms with van der Waals surface area (Å²) in [6.07, 6.45) is 1.81. The molecule has 1 atom stereocenters. The molecule has 1 amide bonds. The highest BCUT2D eigenvalue weighted by molar-refractivity contribution is 5.95. The van der Waals surface area contributed by atoms with Crippen molar-refractivity contribution in [3.05, 3.63) is 17.5 Å². The Morgan fingerprint density at radius 2 is 2.05 bits per heavy atom. The number of aliphatic hydroxyl groups is 1. The van der Waals surface area contributed by atoms with Gasteiger partial charge in [0.25, 0.3) is 5.91 Å². The first kappa shape index (κ1) is 17.7. The normalized spacial score (nSPS) is 13.5. The molecule has 0 spiro atoms. The average Bonchev–Trinajstić information content (AvgIpc) is 2.76. The minimum Gasteiger partial charge on any atom is -0.391 e. The van der Waals surface area contributed by atoms with Crippen molar-refractivity contribution < 1.29 is 9.90 Å². The van der Waals surface area contributed by atoms with Gasteiger partial charge in [-0.15, -0.1) is 0 Å². The Hall–Kier alpha value is -1.36. The molecule has 0 aromatic carbocycles. The molecule has 0 saturated heterocycles. The maximum atomic E-state index is 12.3. The van der Waals surface area contributed by atoms with Gasteiger partial charge in [-0.3, -0.25) is 9.48 Å². The molecule has 1 heterocycles. The lowest BCUT2D eigenvalue weighted by Gasteiger charge is -2.25. The van der Waals surface area contributed by atoms with Crippen molar-refractivity contribution in [1.82, 2.24) is 15.1 Å². The predicted molar refractivity (Wildman–Crippen MR) is 84.2 cm³/mol. The standard InChI is InChI=1S/C16H29N3O2/c1-7-13-12(8-18-19(13)10-11(2)3)15(21)17-9-14(20)16(4,5)6/h8,11,14,20H,7,9-10H2,1-6H3,(H,17,21). The number of aliphatic hydroxyl groups excluding tert-OH is 1. The summed E-state index contributed by atoms with van der Waals surface area (Å²) in [7, 11) is 0. The third kappa shape index (κ3) is 4.84. The zero-order chi connectivity index (χ0) is 16.2. The minimum absolute atomic E-state index is 0.162. The van der Waals surface area contributed by atoms with Gasteiger partial charge in [0.05, 0.1) is 23.6 Å². The molecule has 0 aliphatic rings. The number of carbonyl (C=O) groups excluding carboxylic acids is 1. The second kappa shape index (κ2) is 7.07. The van der Waals surface area contributed by atoms with E-state index in [0.717, 1.165) is 18.7 Å². The maximum absolute atomic E-state index is 12.3. The molecule has 0 saturated carbocycles. The smallest absolute Gasteiger partial charge is 0.254 e. The highest BCUT2D eigenvalue weighted by atomic mass is 16.3. The number of aromatic nitrogens is 2. The van der Waals surface area contributed by atoms with Gasteiger partial charge in [0.2, 0.25) is 0 Å². The molecule has 21 heavy (non-hydrogen) atoms. The van der Waals surface area contributed by atoms with Crippen LogP contribution in [0, 0.1) is 11.3 Å². The Morgan fingerprint density at radius 1 is 1.43 bits per heavy atom. The monoisotopic (exact) mass is 295 g/mol. The van der Waals surface area contributed by atoms with Gasteiger partial charge >= 0.3 is 0 Å². The third-order valence-corrected chi connectivity index (χ3v) is 3.52. The fourth-order valence-electron chi connectivity index (χ4n) is 2.07. The molecule has 5 nitrogen and oxygen atoms in total. The van der Waals surface area contributed by atoms with Crippen LogP contribution in [0.4, 0.5) is 0 Å². The second-order valence-corrected chi connectivity index (χ2v) is 7.03. The Balaban J connectivity index is 2.77. The topological polar surface area (TPSA) is 67.2 Å². The van der Waals surface area contributed by atoms with E-state index < -0.39 is 6.10 Å². The quantitative estimate of drug-likeness (QED) is 0.846. The highest BCUT2D eigenvalue weighted by Crippen LogP contribution is 2.18. The summed E-state index contributed by atoms with van der Waals surface area (Å²) >= 11 is 0. The fourth-order valence-corrected chi connectivity index (χ4v) is 2.07. The van der Waals surface area contributed by atoms with Gasteiger partial charge in [0.1, 0.15) is 0 Å². The van der Waals surface area contributed by atoms with Crippen molar-refractivity contribution in [3.63, 3.8) is 0 Å². The van der Waals surface area contributed by atoms with Crippen molar-refractivity contribution in [2.24, 2.45) is 11.3 Å². The van der Waals surface area contributed by atoms with E-state index in [1.807, 2.05) is 32.4 Å². The fraction of sp³-hybridized carbons (Fsp3) is 0.750. The summed E-state index contributed by atoms with van der Waals surface area (Å²) in [6.45, 7) is 13.2. The molecule has 1 aromatic heterocycles. The van der Waals surface area contributed by atoms with Crippen LogP contribution < -0.4 is 5.32 Å². The molecule has 1 rings (SSSR count). The molecule has 0 aliphatic heterocycles. The van der Waals surface area contributed by atoms with Gasteiger partial charge < -0.3 is 10.4 Å². The number of amides is 1. The molecule has 0 aliphatic carbocycles. The molecule has 5 heteroatoms. The first-order chi connectivity index (χ1) is 9.66. The van der Waals surface area contributed by atoms with Gasteiger partial charge in [-0.25, -0.2) is 0 Å². The Bertz CT molecular complexity index is 472. The van der Waals surface area contributed by atoms with Crippen molar-refractivity contribution in [1.29, 1.82) is 0 Å². The zero-order valence-corrected chi connectivity index (χ0v) is 14.1. The van der Waals surface area contributed by atoms with Crippen molar-refractivity contribution in [3.8, 4) is 0 Å². The van der Waals surface area contributed by atoms with Crippen LogP contribution in [0.2, 0.25) is 0 Å². The largest absolute Gasteiger partial charge is 0.391 e. The number of hydrogen-bond acceptors (Lipinski definition) is 3. The summed E-state index contributed by atoms with van der Waals surface area (Å²) in [5.41, 5.74) is 1.31. The molecule has 0 radical (unpaired) electrons. The summed E-state index contributed by atoms with van der Waals surface area (Å²) in [5.74, 6) is 0.319. The third-order valence-electron chi connectivity index (χ3n) is 3.52. The number of carbonyl (C=O) groups is 1. The number of nitrogens with one attached hydrogen (secondary N) is 1. The lowest BCUT2D eigenvalue weighted by molar-refractivity contribution is 0.0586. The highest BCUT2D eigenvalue weighted by Gasteiger charge is 2.23. The van der Waals surface area contributed by atoms with Gasteiger partial charge in [-0.05, 0) is 17.8 Å². The number of nitrogens with zero attached hydrogens (tertiary/aromatic N) is 2. The van der Waals surface area contributed by atoms with Crippen LogP contribution in [0.1, 0.15) is 57.6 Å². The predicted octanol–water partition coefficient (Wildman–Crippen LogP) is 2.24. The van der Waals surface area contributed by atoms with E-state index in [-0.39, 0.29) is 17.9 Å². The summed E-state index contributed by atoms with van der Waals surface area (Å²) in [6, 6.07) is 0. The van der Waals surface area contributed by atoms with E-state index in [2.05, 4.69) is 24.3 Å². The Kier molecular flexibility index (Phi) is 5.96. The first-order valence-corrected chi connectivity index (χ1v) is 7.67. The molecule has 0 bridgehead atoms. The molecule has 0 fully saturated rings. The van der Waals surface area contributed by atoms with E-state index in [9.17, 15) is 9.90 Å².